The van der Waals surface area contributed by atoms with Gasteiger partial charge in [-0.25, -0.2) is 0 Å². The number of hydrogen-bond donors (Lipinski definition) is 2. The maximum atomic E-state index is 9.02. The van der Waals surface area contributed by atoms with Gasteiger partial charge in [0.25, 0.3) is 0 Å². The van der Waals surface area contributed by atoms with E-state index >= 15 is 0 Å². The van der Waals surface area contributed by atoms with E-state index < -0.39 is 6.23 Å². The van der Waals surface area contributed by atoms with E-state index in [0.29, 0.717) is 0 Å². The molecule has 0 radical (unpaired) electrons. The summed E-state index contributed by atoms with van der Waals surface area (Å²) in [6, 6.07) is 7.76. The number of aryl methyl sites for hydroxylation is 1. The van der Waals surface area contributed by atoms with Gasteiger partial charge in [0.15, 0.2) is 0 Å². The van der Waals surface area contributed by atoms with Gasteiger partial charge >= 0.3 is 0 Å². The number of rotatable bonds is 3. The van der Waals surface area contributed by atoms with Crippen molar-refractivity contribution >= 4 is 0 Å². The van der Waals surface area contributed by atoms with Crippen LogP contribution in [0.1, 0.15) is 30.7 Å². The minimum atomic E-state index is -0.847. The summed E-state index contributed by atoms with van der Waals surface area (Å²) in [7, 11) is 0. The Kier molecular flexibility index (Phi) is 3.26. The van der Waals surface area contributed by atoms with Gasteiger partial charge in [0, 0.05) is 0 Å². The Bertz CT molecular complexity index is 228. The molecular formula is C10H15NO. The van der Waals surface area contributed by atoms with Gasteiger partial charge in [0.05, 0.1) is 0 Å². The molecule has 66 valence electrons. The molecule has 0 saturated carbocycles. The fraction of sp³-hybridized carbons (Fsp3) is 0.400. The monoisotopic (exact) mass is 165 g/mol. The van der Waals surface area contributed by atoms with E-state index in [4.69, 9.17) is 10.8 Å². The standard InChI is InChI=1S/C10H15NO/c1-2-3-8-4-6-9(7-5-8)10(11)12/h4-7,10,12H,2-3,11H2,1H3. The molecule has 1 aromatic rings. The quantitative estimate of drug-likeness (QED) is 0.668. The topological polar surface area (TPSA) is 46.2 Å². The van der Waals surface area contributed by atoms with Crippen LogP contribution in [-0.4, -0.2) is 5.11 Å². The van der Waals surface area contributed by atoms with Crippen molar-refractivity contribution in [2.45, 2.75) is 26.0 Å². The van der Waals surface area contributed by atoms with E-state index in [0.717, 1.165) is 18.4 Å². The maximum absolute atomic E-state index is 9.02. The number of aliphatic hydroxyl groups is 1. The predicted molar refractivity (Wildman–Crippen MR) is 49.6 cm³/mol. The summed E-state index contributed by atoms with van der Waals surface area (Å²) in [5.41, 5.74) is 7.36. The zero-order valence-electron chi connectivity index (χ0n) is 7.33. The summed E-state index contributed by atoms with van der Waals surface area (Å²) in [6.45, 7) is 2.14. The molecule has 0 fully saturated rings. The van der Waals surface area contributed by atoms with Crippen LogP contribution in [0.4, 0.5) is 0 Å². The molecule has 0 aliphatic rings. The lowest BCUT2D eigenvalue weighted by Crippen LogP contribution is -2.08. The molecule has 0 spiro atoms. The summed E-state index contributed by atoms with van der Waals surface area (Å²) in [6.07, 6.45) is 1.38. The summed E-state index contributed by atoms with van der Waals surface area (Å²) in [5, 5.41) is 9.02. The smallest absolute Gasteiger partial charge is 0.128 e. The van der Waals surface area contributed by atoms with E-state index in [2.05, 4.69) is 6.92 Å². The Morgan fingerprint density at radius 1 is 1.33 bits per heavy atom. The summed E-state index contributed by atoms with van der Waals surface area (Å²) < 4.78 is 0. The fourth-order valence-electron chi connectivity index (χ4n) is 1.17. The highest BCUT2D eigenvalue weighted by Gasteiger charge is 1.99. The molecule has 0 aromatic heterocycles. The van der Waals surface area contributed by atoms with Crippen molar-refractivity contribution in [1.82, 2.24) is 0 Å². The minimum Gasteiger partial charge on any atom is -0.375 e. The van der Waals surface area contributed by atoms with Crippen molar-refractivity contribution in [2.24, 2.45) is 5.73 Å². The largest absolute Gasteiger partial charge is 0.375 e. The van der Waals surface area contributed by atoms with Gasteiger partial charge in [-0.2, -0.15) is 0 Å². The van der Waals surface area contributed by atoms with Crippen molar-refractivity contribution < 1.29 is 5.11 Å². The molecule has 1 unspecified atom stereocenters. The third-order valence-corrected chi connectivity index (χ3v) is 1.86. The van der Waals surface area contributed by atoms with Crippen LogP contribution in [0.15, 0.2) is 24.3 Å². The van der Waals surface area contributed by atoms with Crippen LogP contribution in [-0.2, 0) is 6.42 Å². The second-order valence-corrected chi connectivity index (χ2v) is 2.94. The molecule has 0 aliphatic heterocycles. The van der Waals surface area contributed by atoms with Crippen LogP contribution in [0.5, 0.6) is 0 Å². The van der Waals surface area contributed by atoms with Crippen molar-refractivity contribution in [2.75, 3.05) is 0 Å². The van der Waals surface area contributed by atoms with Crippen molar-refractivity contribution in [1.29, 1.82) is 0 Å². The minimum absolute atomic E-state index is 0.773. The van der Waals surface area contributed by atoms with Gasteiger partial charge in [-0.3, -0.25) is 0 Å². The molecular weight excluding hydrogens is 150 g/mol. The average Bonchev–Trinajstić information content (AvgIpc) is 2.06. The normalized spacial score (nSPS) is 12.9. The van der Waals surface area contributed by atoms with Crippen LogP contribution >= 0.6 is 0 Å². The third kappa shape index (κ3) is 2.32. The number of aliphatic hydroxyl groups excluding tert-OH is 1. The van der Waals surface area contributed by atoms with E-state index in [1.165, 1.54) is 5.56 Å². The van der Waals surface area contributed by atoms with Gasteiger partial charge in [0.2, 0.25) is 0 Å². The first-order valence-electron chi connectivity index (χ1n) is 4.26. The second-order valence-electron chi connectivity index (χ2n) is 2.94. The fourth-order valence-corrected chi connectivity index (χ4v) is 1.17. The van der Waals surface area contributed by atoms with E-state index in [1.807, 2.05) is 24.3 Å². The van der Waals surface area contributed by atoms with E-state index in [9.17, 15) is 0 Å². The first-order valence-corrected chi connectivity index (χ1v) is 4.26. The lowest BCUT2D eigenvalue weighted by atomic mass is 10.1. The molecule has 12 heavy (non-hydrogen) atoms. The van der Waals surface area contributed by atoms with Crippen LogP contribution in [0, 0.1) is 0 Å². The van der Waals surface area contributed by atoms with Crippen molar-refractivity contribution in [3.63, 3.8) is 0 Å². The lowest BCUT2D eigenvalue weighted by molar-refractivity contribution is 0.186. The highest BCUT2D eigenvalue weighted by Crippen LogP contribution is 2.10. The molecule has 0 aliphatic carbocycles. The number of nitrogens with two attached hydrogens (primary N) is 1. The highest BCUT2D eigenvalue weighted by atomic mass is 16.3. The molecule has 3 N–H and O–H groups in total. The van der Waals surface area contributed by atoms with Gasteiger partial charge in [-0.05, 0) is 17.5 Å². The Morgan fingerprint density at radius 2 is 1.92 bits per heavy atom. The molecule has 2 nitrogen and oxygen atoms in total. The predicted octanol–water partition coefficient (Wildman–Crippen LogP) is 1.59. The van der Waals surface area contributed by atoms with E-state index in [-0.39, 0.29) is 0 Å². The average molecular weight is 165 g/mol. The summed E-state index contributed by atoms with van der Waals surface area (Å²) >= 11 is 0. The lowest BCUT2D eigenvalue weighted by Gasteiger charge is -2.05. The van der Waals surface area contributed by atoms with Gasteiger partial charge < -0.3 is 10.8 Å². The molecule has 2 heteroatoms. The van der Waals surface area contributed by atoms with E-state index in [1.54, 1.807) is 0 Å². The van der Waals surface area contributed by atoms with Gasteiger partial charge in [-0.15, -0.1) is 0 Å². The summed E-state index contributed by atoms with van der Waals surface area (Å²) in [4.78, 5) is 0. The Labute approximate surface area is 73.0 Å². The number of benzene rings is 1. The van der Waals surface area contributed by atoms with Crippen LogP contribution in [0.25, 0.3) is 0 Å². The molecule has 0 amide bonds. The molecule has 0 heterocycles. The molecule has 1 atom stereocenters. The SMILES string of the molecule is CCCc1ccc(C(N)O)cc1. The van der Waals surface area contributed by atoms with Crippen LogP contribution in [0.3, 0.4) is 0 Å². The molecule has 1 aromatic carbocycles. The Hall–Kier alpha value is -0.860. The van der Waals surface area contributed by atoms with Crippen LogP contribution < -0.4 is 5.73 Å². The zero-order chi connectivity index (χ0) is 8.97. The maximum Gasteiger partial charge on any atom is 0.128 e. The van der Waals surface area contributed by atoms with Crippen molar-refractivity contribution in [3.8, 4) is 0 Å². The van der Waals surface area contributed by atoms with Gasteiger partial charge in [0.1, 0.15) is 6.23 Å². The third-order valence-electron chi connectivity index (χ3n) is 1.86. The molecule has 0 saturated heterocycles. The Balaban J connectivity index is 2.71. The zero-order valence-corrected chi connectivity index (χ0v) is 7.33. The number of hydrogen-bond acceptors (Lipinski definition) is 2. The van der Waals surface area contributed by atoms with Gasteiger partial charge in [-0.1, -0.05) is 37.6 Å². The first-order chi connectivity index (χ1) is 5.74. The highest BCUT2D eigenvalue weighted by molar-refractivity contribution is 5.23. The Morgan fingerprint density at radius 3 is 2.33 bits per heavy atom. The molecule has 1 rings (SSSR count). The summed E-state index contributed by atoms with van der Waals surface area (Å²) in [5.74, 6) is 0. The molecule has 0 bridgehead atoms. The van der Waals surface area contributed by atoms with Crippen molar-refractivity contribution in [3.05, 3.63) is 35.4 Å². The van der Waals surface area contributed by atoms with Crippen LogP contribution in [0.2, 0.25) is 0 Å². The second kappa shape index (κ2) is 4.24. The first kappa shape index (κ1) is 9.23.